The Balaban J connectivity index is 2.16. The molecule has 124 valence electrons. The summed E-state index contributed by atoms with van der Waals surface area (Å²) in [6, 6.07) is 9.93. The number of para-hydroxylation sites is 1. The van der Waals surface area contributed by atoms with Gasteiger partial charge in [0.2, 0.25) is 0 Å². The first-order valence-electron chi connectivity index (χ1n) is 7.68. The van der Waals surface area contributed by atoms with Gasteiger partial charge >= 0.3 is 0 Å². The van der Waals surface area contributed by atoms with Gasteiger partial charge < -0.3 is 15.0 Å². The van der Waals surface area contributed by atoms with E-state index in [-0.39, 0.29) is 0 Å². The second-order valence-electron chi connectivity index (χ2n) is 5.70. The number of thiophene rings is 1. The van der Waals surface area contributed by atoms with E-state index in [1.807, 2.05) is 54.9 Å². The summed E-state index contributed by atoms with van der Waals surface area (Å²) in [6.07, 6.45) is 0. The zero-order chi connectivity index (χ0) is 17.3. The molecule has 3 rings (SSSR count). The normalized spacial score (nSPS) is 10.8. The van der Waals surface area contributed by atoms with Gasteiger partial charge in [0.15, 0.2) is 0 Å². The number of rotatable bonds is 5. The predicted octanol–water partition coefficient (Wildman–Crippen LogP) is 3.99. The molecular weight excluding hydrogens is 320 g/mol. The van der Waals surface area contributed by atoms with E-state index in [0.29, 0.717) is 12.1 Å². The van der Waals surface area contributed by atoms with Crippen molar-refractivity contribution >= 4 is 17.2 Å². The van der Waals surface area contributed by atoms with E-state index in [4.69, 9.17) is 10.5 Å². The van der Waals surface area contributed by atoms with Crippen LogP contribution in [-0.2, 0) is 6.54 Å². The van der Waals surface area contributed by atoms with Crippen molar-refractivity contribution in [2.75, 3.05) is 7.11 Å². The van der Waals surface area contributed by atoms with Crippen LogP contribution in [0.3, 0.4) is 0 Å². The number of carbonyl (C=O) groups is 1. The minimum atomic E-state index is -0.393. The van der Waals surface area contributed by atoms with Crippen LogP contribution in [0.15, 0.2) is 41.1 Å². The quantitative estimate of drug-likeness (QED) is 0.763. The van der Waals surface area contributed by atoms with Crippen molar-refractivity contribution in [2.45, 2.75) is 20.4 Å². The van der Waals surface area contributed by atoms with Crippen LogP contribution in [0.1, 0.15) is 27.3 Å². The van der Waals surface area contributed by atoms with Gasteiger partial charge in [0.05, 0.1) is 19.2 Å². The molecular formula is C19H20N2O2S. The third-order valence-corrected chi connectivity index (χ3v) is 5.04. The summed E-state index contributed by atoms with van der Waals surface area (Å²) in [4.78, 5) is 12.1. The van der Waals surface area contributed by atoms with Crippen LogP contribution in [0, 0.1) is 13.8 Å². The minimum absolute atomic E-state index is 0.393. The van der Waals surface area contributed by atoms with E-state index in [9.17, 15) is 4.79 Å². The predicted molar refractivity (Wildman–Crippen MR) is 97.8 cm³/mol. The number of hydrogen-bond donors (Lipinski definition) is 1. The first kappa shape index (κ1) is 16.3. The van der Waals surface area contributed by atoms with E-state index in [2.05, 4.69) is 4.57 Å². The minimum Gasteiger partial charge on any atom is -0.496 e. The molecule has 2 heterocycles. The molecule has 1 amide bonds. The number of amides is 1. The summed E-state index contributed by atoms with van der Waals surface area (Å²) in [5.74, 6) is 0.443. The average Bonchev–Trinajstić information content (AvgIpc) is 3.17. The standard InChI is InChI=1S/C19H20N2O2S/c1-12-17(15-8-9-24-11-15)18(19(20)22)13(2)21(12)10-14-6-4-5-7-16(14)23-3/h4-9,11H,10H2,1-3H3,(H2,20,22). The highest BCUT2D eigenvalue weighted by Crippen LogP contribution is 2.34. The molecule has 5 heteroatoms. The highest BCUT2D eigenvalue weighted by atomic mass is 32.1. The lowest BCUT2D eigenvalue weighted by atomic mass is 10.0. The van der Waals surface area contributed by atoms with Crippen LogP contribution in [0.4, 0.5) is 0 Å². The van der Waals surface area contributed by atoms with Gasteiger partial charge in [-0.25, -0.2) is 0 Å². The van der Waals surface area contributed by atoms with E-state index < -0.39 is 5.91 Å². The molecule has 0 fully saturated rings. The van der Waals surface area contributed by atoms with Gasteiger partial charge in [-0.3, -0.25) is 4.79 Å². The zero-order valence-corrected chi connectivity index (χ0v) is 14.8. The molecule has 0 aliphatic carbocycles. The van der Waals surface area contributed by atoms with Crippen molar-refractivity contribution < 1.29 is 9.53 Å². The number of carbonyl (C=O) groups excluding carboxylic acids is 1. The zero-order valence-electron chi connectivity index (χ0n) is 14.0. The molecule has 0 aliphatic rings. The fourth-order valence-corrected chi connectivity index (χ4v) is 3.83. The Labute approximate surface area is 145 Å². The summed E-state index contributed by atoms with van der Waals surface area (Å²) in [5.41, 5.74) is 11.2. The van der Waals surface area contributed by atoms with Crippen molar-refractivity contribution in [3.05, 3.63) is 63.6 Å². The third kappa shape index (κ3) is 2.71. The molecule has 0 aliphatic heterocycles. The second-order valence-corrected chi connectivity index (χ2v) is 6.48. The molecule has 0 bridgehead atoms. The fourth-order valence-electron chi connectivity index (χ4n) is 3.19. The van der Waals surface area contributed by atoms with Crippen molar-refractivity contribution in [3.8, 4) is 16.9 Å². The molecule has 0 saturated carbocycles. The lowest BCUT2D eigenvalue weighted by Crippen LogP contribution is -2.13. The summed E-state index contributed by atoms with van der Waals surface area (Å²) < 4.78 is 7.58. The van der Waals surface area contributed by atoms with Crippen molar-refractivity contribution in [1.29, 1.82) is 0 Å². The van der Waals surface area contributed by atoms with Gasteiger partial charge in [0.1, 0.15) is 5.75 Å². The Morgan fingerprint density at radius 1 is 1.21 bits per heavy atom. The van der Waals surface area contributed by atoms with E-state index in [0.717, 1.165) is 33.8 Å². The number of ether oxygens (including phenoxy) is 1. The number of primary amides is 1. The molecule has 24 heavy (non-hydrogen) atoms. The molecule has 0 saturated heterocycles. The SMILES string of the molecule is COc1ccccc1Cn1c(C)c(C(N)=O)c(-c2ccsc2)c1C. The molecule has 2 aromatic heterocycles. The number of methoxy groups -OCH3 is 1. The van der Waals surface area contributed by atoms with Gasteiger partial charge in [-0.2, -0.15) is 11.3 Å². The highest BCUT2D eigenvalue weighted by Gasteiger charge is 2.23. The molecule has 1 aromatic carbocycles. The molecule has 0 radical (unpaired) electrons. The summed E-state index contributed by atoms with van der Waals surface area (Å²) in [7, 11) is 1.67. The van der Waals surface area contributed by atoms with Gasteiger partial charge in [-0.15, -0.1) is 0 Å². The summed E-state index contributed by atoms with van der Waals surface area (Å²) >= 11 is 1.61. The average molecular weight is 340 g/mol. The Bertz CT molecular complexity index is 879. The fraction of sp³-hybridized carbons (Fsp3) is 0.211. The second kappa shape index (κ2) is 6.53. The van der Waals surface area contributed by atoms with Gasteiger partial charge in [0, 0.05) is 22.5 Å². The van der Waals surface area contributed by atoms with Crippen molar-refractivity contribution in [3.63, 3.8) is 0 Å². The summed E-state index contributed by atoms with van der Waals surface area (Å²) in [6.45, 7) is 4.60. The summed E-state index contributed by atoms with van der Waals surface area (Å²) in [5, 5.41) is 4.05. The Kier molecular flexibility index (Phi) is 4.44. The maximum Gasteiger partial charge on any atom is 0.251 e. The number of aromatic nitrogens is 1. The molecule has 0 spiro atoms. The Morgan fingerprint density at radius 3 is 2.58 bits per heavy atom. The van der Waals surface area contributed by atoms with Crippen LogP contribution in [-0.4, -0.2) is 17.6 Å². The maximum atomic E-state index is 12.1. The number of hydrogen-bond acceptors (Lipinski definition) is 3. The number of nitrogens with zero attached hydrogens (tertiary/aromatic N) is 1. The van der Waals surface area contributed by atoms with E-state index in [1.54, 1.807) is 18.4 Å². The topological polar surface area (TPSA) is 57.2 Å². The highest BCUT2D eigenvalue weighted by molar-refractivity contribution is 7.08. The lowest BCUT2D eigenvalue weighted by molar-refractivity contribution is 0.1000. The third-order valence-electron chi connectivity index (χ3n) is 4.36. The smallest absolute Gasteiger partial charge is 0.251 e. The monoisotopic (exact) mass is 340 g/mol. The Hall–Kier alpha value is -2.53. The van der Waals surface area contributed by atoms with Crippen LogP contribution in [0.2, 0.25) is 0 Å². The van der Waals surface area contributed by atoms with Crippen molar-refractivity contribution in [1.82, 2.24) is 4.57 Å². The first-order valence-corrected chi connectivity index (χ1v) is 8.62. The Morgan fingerprint density at radius 2 is 1.96 bits per heavy atom. The molecule has 4 nitrogen and oxygen atoms in total. The van der Waals surface area contributed by atoms with Gasteiger partial charge in [-0.1, -0.05) is 18.2 Å². The van der Waals surface area contributed by atoms with E-state index in [1.165, 1.54) is 0 Å². The first-order chi connectivity index (χ1) is 11.5. The number of benzene rings is 1. The van der Waals surface area contributed by atoms with Crippen LogP contribution in [0.5, 0.6) is 5.75 Å². The van der Waals surface area contributed by atoms with Crippen LogP contribution < -0.4 is 10.5 Å². The van der Waals surface area contributed by atoms with Gasteiger partial charge in [-0.05, 0) is 42.3 Å². The number of nitrogens with two attached hydrogens (primary N) is 1. The van der Waals surface area contributed by atoms with Gasteiger partial charge in [0.25, 0.3) is 5.91 Å². The molecule has 2 N–H and O–H groups in total. The van der Waals surface area contributed by atoms with Crippen LogP contribution in [0.25, 0.3) is 11.1 Å². The maximum absolute atomic E-state index is 12.1. The van der Waals surface area contributed by atoms with Crippen molar-refractivity contribution in [2.24, 2.45) is 5.73 Å². The molecule has 0 atom stereocenters. The molecule has 3 aromatic rings. The van der Waals surface area contributed by atoms with Crippen LogP contribution >= 0.6 is 11.3 Å². The largest absolute Gasteiger partial charge is 0.496 e. The lowest BCUT2D eigenvalue weighted by Gasteiger charge is -2.13. The van der Waals surface area contributed by atoms with E-state index >= 15 is 0 Å². The molecule has 0 unspecified atom stereocenters.